The van der Waals surface area contributed by atoms with Crippen LogP contribution >= 0.6 is 11.3 Å². The molecule has 6 nitrogen and oxygen atoms in total. The molecule has 2 atom stereocenters. The van der Waals surface area contributed by atoms with Crippen molar-refractivity contribution >= 4 is 27.5 Å². The minimum Gasteiger partial charge on any atom is -0.376 e. The Bertz CT molecular complexity index is 851. The van der Waals surface area contributed by atoms with Crippen LogP contribution in [0.4, 0.5) is 0 Å². The lowest BCUT2D eigenvalue weighted by Gasteiger charge is -2.17. The molecule has 2 aromatic heterocycles. The lowest BCUT2D eigenvalue weighted by Crippen LogP contribution is -2.36. The highest BCUT2D eigenvalue weighted by Gasteiger charge is 2.23. The molecule has 1 aliphatic heterocycles. The maximum absolute atomic E-state index is 12.9. The Morgan fingerprint density at radius 3 is 3.16 bits per heavy atom. The highest BCUT2D eigenvalue weighted by atomic mass is 32.1. The molecule has 3 heterocycles. The zero-order valence-electron chi connectivity index (χ0n) is 14.4. The van der Waals surface area contributed by atoms with Gasteiger partial charge >= 0.3 is 0 Å². The van der Waals surface area contributed by atoms with E-state index in [1.807, 2.05) is 0 Å². The van der Waals surface area contributed by atoms with Crippen molar-refractivity contribution in [3.8, 4) is 0 Å². The van der Waals surface area contributed by atoms with Crippen molar-refractivity contribution in [1.29, 1.82) is 0 Å². The number of hydrogen-bond donors (Lipinski definition) is 1. The van der Waals surface area contributed by atoms with E-state index in [-0.39, 0.29) is 24.1 Å². The molecule has 134 valence electrons. The van der Waals surface area contributed by atoms with Gasteiger partial charge in [-0.05, 0) is 43.6 Å². The first-order valence-electron chi connectivity index (χ1n) is 9.00. The Morgan fingerprint density at radius 1 is 1.48 bits per heavy atom. The van der Waals surface area contributed by atoms with Crippen molar-refractivity contribution in [3.05, 3.63) is 27.1 Å². The Kier molecular flexibility index (Phi) is 4.60. The van der Waals surface area contributed by atoms with Crippen LogP contribution in [-0.4, -0.2) is 34.7 Å². The number of thiophene rings is 1. The van der Waals surface area contributed by atoms with Crippen LogP contribution in [0.3, 0.4) is 0 Å². The minimum absolute atomic E-state index is 0.00944. The first-order chi connectivity index (χ1) is 12.1. The van der Waals surface area contributed by atoms with Crippen LogP contribution in [0, 0.1) is 5.92 Å². The molecule has 25 heavy (non-hydrogen) atoms. The number of fused-ring (bicyclic) bond motifs is 3. The monoisotopic (exact) mass is 361 g/mol. The second kappa shape index (κ2) is 6.88. The average Bonchev–Trinajstić information content (AvgIpc) is 3.22. The lowest BCUT2D eigenvalue weighted by molar-refractivity contribution is -0.122. The quantitative estimate of drug-likeness (QED) is 0.902. The number of carbonyl (C=O) groups excluding carboxylic acids is 1. The van der Waals surface area contributed by atoms with E-state index in [0.717, 1.165) is 54.5 Å². The van der Waals surface area contributed by atoms with Crippen LogP contribution < -0.4 is 10.9 Å². The van der Waals surface area contributed by atoms with Gasteiger partial charge in [0.1, 0.15) is 11.4 Å². The van der Waals surface area contributed by atoms with Gasteiger partial charge in [0.05, 0.1) is 17.8 Å². The highest BCUT2D eigenvalue weighted by molar-refractivity contribution is 7.18. The molecule has 0 spiro atoms. The molecular weight excluding hydrogens is 338 g/mol. The largest absolute Gasteiger partial charge is 0.376 e. The third-order valence-electron chi connectivity index (χ3n) is 5.15. The van der Waals surface area contributed by atoms with E-state index in [2.05, 4.69) is 17.2 Å². The topological polar surface area (TPSA) is 73.2 Å². The summed E-state index contributed by atoms with van der Waals surface area (Å²) in [6, 6.07) is 0. The number of aryl methyl sites for hydroxylation is 1. The van der Waals surface area contributed by atoms with Gasteiger partial charge < -0.3 is 10.1 Å². The second-order valence-corrected chi connectivity index (χ2v) is 8.23. The fraction of sp³-hybridized carbons (Fsp3) is 0.611. The van der Waals surface area contributed by atoms with Gasteiger partial charge in [-0.2, -0.15) is 0 Å². The first kappa shape index (κ1) is 16.7. The highest BCUT2D eigenvalue weighted by Crippen LogP contribution is 2.35. The third kappa shape index (κ3) is 3.35. The van der Waals surface area contributed by atoms with Crippen LogP contribution in [0.5, 0.6) is 0 Å². The molecule has 2 aromatic rings. The van der Waals surface area contributed by atoms with Crippen molar-refractivity contribution in [2.24, 2.45) is 5.92 Å². The molecule has 1 aliphatic carbocycles. The van der Waals surface area contributed by atoms with E-state index in [1.54, 1.807) is 11.3 Å². The smallest absolute Gasteiger partial charge is 0.262 e. The number of aromatic nitrogens is 2. The van der Waals surface area contributed by atoms with E-state index >= 15 is 0 Å². The van der Waals surface area contributed by atoms with E-state index in [9.17, 15) is 9.59 Å². The van der Waals surface area contributed by atoms with Gasteiger partial charge in [0, 0.05) is 18.0 Å². The SMILES string of the molecule is C[C@@H]1CCc2c(sc3ncn(CC(=O)NC[C@@H]4CCCO4)c(=O)c23)C1. The Labute approximate surface area is 150 Å². The molecule has 1 amide bonds. The Hall–Kier alpha value is -1.73. The molecule has 1 fully saturated rings. The number of rotatable bonds is 4. The van der Waals surface area contributed by atoms with Gasteiger partial charge in [-0.1, -0.05) is 6.92 Å². The van der Waals surface area contributed by atoms with Crippen LogP contribution in [-0.2, 0) is 28.9 Å². The zero-order chi connectivity index (χ0) is 17.4. The average molecular weight is 361 g/mol. The molecule has 0 unspecified atom stereocenters. The number of hydrogen-bond acceptors (Lipinski definition) is 5. The number of nitrogens with zero attached hydrogens (tertiary/aromatic N) is 2. The number of amides is 1. The predicted molar refractivity (Wildman–Crippen MR) is 97.1 cm³/mol. The Balaban J connectivity index is 1.53. The van der Waals surface area contributed by atoms with Crippen molar-refractivity contribution in [3.63, 3.8) is 0 Å². The van der Waals surface area contributed by atoms with Crippen molar-refractivity contribution in [1.82, 2.24) is 14.9 Å². The van der Waals surface area contributed by atoms with Gasteiger partial charge in [-0.15, -0.1) is 11.3 Å². The van der Waals surface area contributed by atoms with Crippen molar-refractivity contribution in [2.45, 2.75) is 51.7 Å². The number of ether oxygens (including phenoxy) is 1. The summed E-state index contributed by atoms with van der Waals surface area (Å²) in [7, 11) is 0. The summed E-state index contributed by atoms with van der Waals surface area (Å²) >= 11 is 1.63. The molecule has 0 aromatic carbocycles. The first-order valence-corrected chi connectivity index (χ1v) is 9.81. The van der Waals surface area contributed by atoms with Crippen LogP contribution in [0.2, 0.25) is 0 Å². The van der Waals surface area contributed by atoms with E-state index in [4.69, 9.17) is 4.74 Å². The normalized spacial score (nSPS) is 22.9. The van der Waals surface area contributed by atoms with Crippen LogP contribution in [0.15, 0.2) is 11.1 Å². The minimum atomic E-state index is -0.170. The summed E-state index contributed by atoms with van der Waals surface area (Å²) in [5.41, 5.74) is 1.06. The summed E-state index contributed by atoms with van der Waals surface area (Å²) in [6.07, 6.45) is 6.69. The maximum Gasteiger partial charge on any atom is 0.262 e. The number of carbonyl (C=O) groups is 1. The van der Waals surface area contributed by atoms with Gasteiger partial charge in [-0.3, -0.25) is 14.2 Å². The summed E-state index contributed by atoms with van der Waals surface area (Å²) in [4.78, 5) is 31.6. The molecule has 0 saturated carbocycles. The van der Waals surface area contributed by atoms with E-state index in [0.29, 0.717) is 12.5 Å². The molecular formula is C18H23N3O3S. The molecule has 2 aliphatic rings. The maximum atomic E-state index is 12.9. The molecule has 0 bridgehead atoms. The summed E-state index contributed by atoms with van der Waals surface area (Å²) < 4.78 is 6.93. The molecule has 1 saturated heterocycles. The van der Waals surface area contributed by atoms with Crippen LogP contribution in [0.1, 0.15) is 36.6 Å². The fourth-order valence-corrected chi connectivity index (χ4v) is 5.06. The van der Waals surface area contributed by atoms with Gasteiger partial charge in [0.25, 0.3) is 5.56 Å². The Morgan fingerprint density at radius 2 is 2.36 bits per heavy atom. The summed E-state index contributed by atoms with van der Waals surface area (Å²) in [5, 5.41) is 3.58. The van der Waals surface area contributed by atoms with Gasteiger partial charge in [0.2, 0.25) is 5.91 Å². The van der Waals surface area contributed by atoms with Gasteiger partial charge in [-0.25, -0.2) is 4.98 Å². The molecule has 7 heteroatoms. The summed E-state index contributed by atoms with van der Waals surface area (Å²) in [6.45, 7) is 3.53. The number of nitrogens with one attached hydrogen (secondary N) is 1. The molecule has 4 rings (SSSR count). The third-order valence-corrected chi connectivity index (χ3v) is 6.31. The van der Waals surface area contributed by atoms with Crippen molar-refractivity contribution < 1.29 is 9.53 Å². The predicted octanol–water partition coefficient (Wildman–Crippen LogP) is 1.88. The van der Waals surface area contributed by atoms with Gasteiger partial charge in [0.15, 0.2) is 0 Å². The lowest BCUT2D eigenvalue weighted by atomic mass is 9.89. The van der Waals surface area contributed by atoms with Crippen molar-refractivity contribution in [2.75, 3.05) is 13.2 Å². The fourth-order valence-electron chi connectivity index (χ4n) is 3.72. The van der Waals surface area contributed by atoms with Crippen LogP contribution in [0.25, 0.3) is 10.2 Å². The summed E-state index contributed by atoms with van der Waals surface area (Å²) in [5.74, 6) is 0.489. The standard InChI is InChI=1S/C18H23N3O3S/c1-11-4-5-13-14(7-11)25-17-16(13)18(23)21(10-20-17)9-15(22)19-8-12-3-2-6-24-12/h10-12H,2-9H2,1H3,(H,19,22)/t11-,12+/m1/s1. The second-order valence-electron chi connectivity index (χ2n) is 7.15. The van der Waals surface area contributed by atoms with E-state index < -0.39 is 0 Å². The van der Waals surface area contributed by atoms with E-state index in [1.165, 1.54) is 15.8 Å². The zero-order valence-corrected chi connectivity index (χ0v) is 15.2. The molecule has 0 radical (unpaired) electrons. The molecule has 1 N–H and O–H groups in total.